The van der Waals surface area contributed by atoms with E-state index in [0.717, 1.165) is 15.4 Å². The van der Waals surface area contributed by atoms with E-state index in [4.69, 9.17) is 0 Å². The summed E-state index contributed by atoms with van der Waals surface area (Å²) in [6.45, 7) is 1.12. The van der Waals surface area contributed by atoms with E-state index in [1.165, 1.54) is 49.3 Å². The van der Waals surface area contributed by atoms with E-state index in [1.54, 1.807) is 18.2 Å². The first-order chi connectivity index (χ1) is 17.1. The van der Waals surface area contributed by atoms with Gasteiger partial charge in [-0.05, 0) is 30.7 Å². The highest BCUT2D eigenvalue weighted by Crippen LogP contribution is 2.19. The van der Waals surface area contributed by atoms with Crippen LogP contribution in [0.25, 0.3) is 0 Å². The van der Waals surface area contributed by atoms with Gasteiger partial charge in [0.05, 0.1) is 11.4 Å². The molecule has 0 bridgehead atoms. The third-order valence-electron chi connectivity index (χ3n) is 5.90. The molecule has 0 radical (unpaired) electrons. The van der Waals surface area contributed by atoms with E-state index >= 15 is 0 Å². The Hall–Kier alpha value is -3.56. The minimum absolute atomic E-state index is 0.0520. The maximum absolute atomic E-state index is 14.5. The minimum Gasteiger partial charge on any atom is -0.357 e. The highest BCUT2D eigenvalue weighted by Gasteiger charge is 2.33. The number of sulfonamides is 1. The second-order valence-corrected chi connectivity index (χ2v) is 10.6. The predicted octanol–water partition coefficient (Wildman–Crippen LogP) is 3.14. The van der Waals surface area contributed by atoms with Gasteiger partial charge in [0.2, 0.25) is 21.8 Å². The Morgan fingerprint density at radius 1 is 0.944 bits per heavy atom. The highest BCUT2D eigenvalue weighted by atomic mass is 32.2. The Kier molecular flexibility index (Phi) is 8.95. The van der Waals surface area contributed by atoms with Gasteiger partial charge in [0.15, 0.2) is 0 Å². The van der Waals surface area contributed by atoms with Crippen LogP contribution in [-0.4, -0.2) is 56.1 Å². The van der Waals surface area contributed by atoms with Crippen LogP contribution in [0.4, 0.5) is 4.39 Å². The van der Waals surface area contributed by atoms with Crippen molar-refractivity contribution in [1.82, 2.24) is 14.5 Å². The molecule has 1 N–H and O–H groups in total. The summed E-state index contributed by atoms with van der Waals surface area (Å²) in [5.74, 6) is -1.58. The lowest BCUT2D eigenvalue weighted by molar-refractivity contribution is -0.141. The molecule has 1 unspecified atom stereocenters. The molecule has 0 aliphatic carbocycles. The van der Waals surface area contributed by atoms with Crippen molar-refractivity contribution in [3.63, 3.8) is 0 Å². The largest absolute Gasteiger partial charge is 0.357 e. The first-order valence-electron chi connectivity index (χ1n) is 11.4. The number of hydrogen-bond donors (Lipinski definition) is 1. The topological polar surface area (TPSA) is 86.8 Å². The molecule has 3 rings (SSSR count). The smallest absolute Gasteiger partial charge is 0.243 e. The van der Waals surface area contributed by atoms with E-state index in [2.05, 4.69) is 5.32 Å². The summed E-state index contributed by atoms with van der Waals surface area (Å²) < 4.78 is 41.7. The average molecular weight is 512 g/mol. The third-order valence-corrected chi connectivity index (χ3v) is 7.72. The average Bonchev–Trinajstić information content (AvgIpc) is 2.87. The molecule has 9 heteroatoms. The molecule has 36 heavy (non-hydrogen) atoms. The number of nitrogens with one attached hydrogen (secondary N) is 1. The molecule has 0 fully saturated rings. The van der Waals surface area contributed by atoms with Crippen molar-refractivity contribution >= 4 is 21.8 Å². The fourth-order valence-corrected chi connectivity index (χ4v) is 4.91. The standard InChI is InChI=1S/C27H30FN3O4S/c1-20-13-15-23(16-14-20)36(34,35)30(3)19-26(32)31(18-22-11-7-8-12-24(22)28)25(27(33)29-2)17-21-9-5-4-6-10-21/h4-16,25H,17-19H2,1-3H3,(H,29,33). The van der Waals surface area contributed by atoms with Crippen LogP contribution in [0.15, 0.2) is 83.8 Å². The number of hydrogen-bond acceptors (Lipinski definition) is 4. The lowest BCUT2D eigenvalue weighted by Gasteiger charge is -2.32. The van der Waals surface area contributed by atoms with E-state index < -0.39 is 40.2 Å². The Balaban J connectivity index is 1.95. The van der Waals surface area contributed by atoms with Crippen molar-refractivity contribution in [2.45, 2.75) is 30.8 Å². The number of likely N-dealkylation sites (N-methyl/N-ethyl adjacent to an activating group) is 2. The molecule has 0 saturated carbocycles. The number of benzene rings is 3. The van der Waals surface area contributed by atoms with E-state index in [0.29, 0.717) is 0 Å². The summed E-state index contributed by atoms with van der Waals surface area (Å²) in [6.07, 6.45) is 0.176. The maximum atomic E-state index is 14.5. The minimum atomic E-state index is -3.96. The van der Waals surface area contributed by atoms with Crippen LogP contribution in [-0.2, 0) is 32.6 Å². The zero-order valence-corrected chi connectivity index (χ0v) is 21.3. The zero-order valence-electron chi connectivity index (χ0n) is 20.5. The predicted molar refractivity (Wildman–Crippen MR) is 136 cm³/mol. The number of carbonyl (C=O) groups excluding carboxylic acids is 2. The van der Waals surface area contributed by atoms with Gasteiger partial charge < -0.3 is 10.2 Å². The number of halogens is 1. The van der Waals surface area contributed by atoms with Crippen LogP contribution in [0.2, 0.25) is 0 Å². The number of aryl methyl sites for hydroxylation is 1. The highest BCUT2D eigenvalue weighted by molar-refractivity contribution is 7.89. The zero-order chi connectivity index (χ0) is 26.3. The van der Waals surface area contributed by atoms with Crippen molar-refractivity contribution in [2.24, 2.45) is 0 Å². The number of carbonyl (C=O) groups is 2. The Bertz CT molecular complexity index is 1300. The van der Waals surface area contributed by atoms with Crippen LogP contribution in [0.5, 0.6) is 0 Å². The van der Waals surface area contributed by atoms with Gasteiger partial charge in [0.1, 0.15) is 11.9 Å². The van der Waals surface area contributed by atoms with Crippen LogP contribution in [0, 0.1) is 12.7 Å². The molecular formula is C27H30FN3O4S. The maximum Gasteiger partial charge on any atom is 0.243 e. The van der Waals surface area contributed by atoms with Gasteiger partial charge >= 0.3 is 0 Å². The summed E-state index contributed by atoms with van der Waals surface area (Å²) in [5, 5.41) is 2.58. The molecule has 0 aliphatic rings. The molecular weight excluding hydrogens is 481 g/mol. The molecule has 0 spiro atoms. The Morgan fingerprint density at radius 2 is 1.56 bits per heavy atom. The van der Waals surface area contributed by atoms with Gasteiger partial charge in [-0.1, -0.05) is 66.2 Å². The third kappa shape index (κ3) is 6.56. The van der Waals surface area contributed by atoms with Gasteiger partial charge in [-0.3, -0.25) is 9.59 Å². The first kappa shape index (κ1) is 27.0. The van der Waals surface area contributed by atoms with Crippen molar-refractivity contribution in [3.8, 4) is 0 Å². The number of rotatable bonds is 10. The lowest BCUT2D eigenvalue weighted by atomic mass is 10.0. The Morgan fingerprint density at radius 3 is 2.17 bits per heavy atom. The fourth-order valence-electron chi connectivity index (χ4n) is 3.79. The summed E-state index contributed by atoms with van der Waals surface area (Å²) >= 11 is 0. The van der Waals surface area contributed by atoms with E-state index in [-0.39, 0.29) is 23.4 Å². The van der Waals surface area contributed by atoms with Crippen molar-refractivity contribution in [2.75, 3.05) is 20.6 Å². The molecule has 0 heterocycles. The summed E-state index contributed by atoms with van der Waals surface area (Å²) in [5.41, 5.74) is 1.92. The molecule has 0 aliphatic heterocycles. The van der Waals surface area contributed by atoms with Crippen LogP contribution >= 0.6 is 0 Å². The van der Waals surface area contributed by atoms with Gasteiger partial charge in [-0.15, -0.1) is 0 Å². The second kappa shape index (κ2) is 11.9. The molecule has 2 amide bonds. The van der Waals surface area contributed by atoms with Crippen LogP contribution < -0.4 is 5.32 Å². The molecule has 0 saturated heterocycles. The summed E-state index contributed by atoms with van der Waals surface area (Å²) in [4.78, 5) is 27.8. The summed E-state index contributed by atoms with van der Waals surface area (Å²) in [6, 6.07) is 20.4. The van der Waals surface area contributed by atoms with Crippen LogP contribution in [0.1, 0.15) is 16.7 Å². The molecule has 3 aromatic carbocycles. The SMILES string of the molecule is CNC(=O)C(Cc1ccccc1)N(Cc1ccccc1F)C(=O)CN(C)S(=O)(=O)c1ccc(C)cc1. The van der Waals surface area contributed by atoms with Gasteiger partial charge in [-0.25, -0.2) is 12.8 Å². The first-order valence-corrected chi connectivity index (χ1v) is 12.9. The molecule has 3 aromatic rings. The number of nitrogens with zero attached hydrogens (tertiary/aromatic N) is 2. The monoisotopic (exact) mass is 511 g/mol. The molecule has 1 atom stereocenters. The van der Waals surface area contributed by atoms with Crippen molar-refractivity contribution in [3.05, 3.63) is 101 Å². The van der Waals surface area contributed by atoms with Gasteiger partial charge in [-0.2, -0.15) is 4.31 Å². The van der Waals surface area contributed by atoms with Crippen LogP contribution in [0.3, 0.4) is 0 Å². The van der Waals surface area contributed by atoms with Crippen molar-refractivity contribution in [1.29, 1.82) is 0 Å². The second-order valence-electron chi connectivity index (χ2n) is 8.51. The summed E-state index contributed by atoms with van der Waals surface area (Å²) in [7, 11) is -1.20. The van der Waals surface area contributed by atoms with Crippen molar-refractivity contribution < 1.29 is 22.4 Å². The molecule has 7 nitrogen and oxygen atoms in total. The number of amides is 2. The molecule has 0 aromatic heterocycles. The van der Waals surface area contributed by atoms with Gasteiger partial charge in [0.25, 0.3) is 0 Å². The molecule has 190 valence electrons. The normalized spacial score (nSPS) is 12.2. The van der Waals surface area contributed by atoms with Gasteiger partial charge in [0, 0.05) is 32.6 Å². The fraction of sp³-hybridized carbons (Fsp3) is 0.259. The quantitative estimate of drug-likeness (QED) is 0.453. The van der Waals surface area contributed by atoms with E-state index in [9.17, 15) is 22.4 Å². The lowest BCUT2D eigenvalue weighted by Crippen LogP contribution is -2.52. The van der Waals surface area contributed by atoms with E-state index in [1.807, 2.05) is 37.3 Å². The Labute approximate surface area is 211 Å².